The Bertz CT molecular complexity index is 464. The SMILES string of the molecule is CCSCCCCCSC(CCCCCC(SCCCCCCSC)SCCCCCSC)SCCCCCCSC. The fraction of sp³-hybridized carbons (Fsp3) is 1.00. The molecule has 0 nitrogen and oxygen atoms in total. The van der Waals surface area contributed by atoms with Crippen LogP contribution >= 0.6 is 94.1 Å². The van der Waals surface area contributed by atoms with Gasteiger partial charge in [0.05, 0.1) is 9.16 Å². The molecule has 0 aliphatic heterocycles. The van der Waals surface area contributed by atoms with Crippen LogP contribution in [0.15, 0.2) is 0 Å². The van der Waals surface area contributed by atoms with Gasteiger partial charge in [-0.05, 0) is 135 Å². The first-order valence-electron chi connectivity index (χ1n) is 17.3. The van der Waals surface area contributed by atoms with E-state index >= 15 is 0 Å². The van der Waals surface area contributed by atoms with Gasteiger partial charge in [0.25, 0.3) is 0 Å². The average Bonchev–Trinajstić information content (AvgIpc) is 3.00. The standard InChI is InChI=1S/C34H70S8/c1-5-38-28-18-12-22-32-42-34(40-30-20-9-7-16-26-36-3)24-14-10-13-23-33(41-31-21-11-17-27-37-4)39-29-19-8-6-15-25-35-2/h33-34H,5-32H2,1-4H3. The van der Waals surface area contributed by atoms with E-state index in [4.69, 9.17) is 0 Å². The van der Waals surface area contributed by atoms with Crippen molar-refractivity contribution in [1.82, 2.24) is 0 Å². The summed E-state index contributed by atoms with van der Waals surface area (Å²) >= 11 is 17.3. The number of hydrogen-bond acceptors (Lipinski definition) is 8. The molecule has 42 heavy (non-hydrogen) atoms. The van der Waals surface area contributed by atoms with Gasteiger partial charge in [0.2, 0.25) is 0 Å². The van der Waals surface area contributed by atoms with Crippen LogP contribution < -0.4 is 0 Å². The van der Waals surface area contributed by atoms with Gasteiger partial charge in [-0.2, -0.15) is 47.0 Å². The summed E-state index contributed by atoms with van der Waals surface area (Å²) in [7, 11) is 0. The van der Waals surface area contributed by atoms with Crippen molar-refractivity contribution >= 4 is 94.1 Å². The molecule has 2 unspecified atom stereocenters. The third-order valence-electron chi connectivity index (χ3n) is 7.21. The monoisotopic (exact) mass is 734 g/mol. The molecule has 0 aromatic carbocycles. The number of thioether (sulfide) groups is 8. The minimum absolute atomic E-state index is 0.841. The van der Waals surface area contributed by atoms with Crippen LogP contribution in [-0.4, -0.2) is 79.7 Å². The van der Waals surface area contributed by atoms with Crippen molar-refractivity contribution in [2.75, 3.05) is 70.5 Å². The molecule has 0 saturated carbocycles. The summed E-state index contributed by atoms with van der Waals surface area (Å²) in [6, 6.07) is 0. The van der Waals surface area contributed by atoms with Crippen molar-refractivity contribution in [2.45, 2.75) is 138 Å². The van der Waals surface area contributed by atoms with E-state index in [2.05, 4.69) is 84.5 Å². The molecule has 8 heteroatoms. The Balaban J connectivity index is 4.35. The molecular formula is C34H70S8. The van der Waals surface area contributed by atoms with Crippen molar-refractivity contribution in [1.29, 1.82) is 0 Å². The number of hydrogen-bond donors (Lipinski definition) is 0. The Morgan fingerprint density at radius 3 is 0.952 bits per heavy atom. The molecule has 0 bridgehead atoms. The zero-order chi connectivity index (χ0) is 30.6. The average molecular weight is 735 g/mol. The highest BCUT2D eigenvalue weighted by atomic mass is 32.2. The summed E-state index contributed by atoms with van der Waals surface area (Å²) in [5.74, 6) is 12.2. The molecule has 0 saturated heterocycles. The van der Waals surface area contributed by atoms with Crippen LogP contribution in [-0.2, 0) is 0 Å². The molecule has 0 amide bonds. The number of rotatable bonds is 37. The minimum Gasteiger partial charge on any atom is -0.165 e. The highest BCUT2D eigenvalue weighted by Crippen LogP contribution is 2.33. The lowest BCUT2D eigenvalue weighted by Crippen LogP contribution is -2.03. The van der Waals surface area contributed by atoms with Gasteiger partial charge in [-0.25, -0.2) is 0 Å². The van der Waals surface area contributed by atoms with Crippen LogP contribution in [0.1, 0.15) is 129 Å². The third kappa shape index (κ3) is 35.7. The van der Waals surface area contributed by atoms with E-state index in [0.717, 1.165) is 9.16 Å². The molecule has 0 aliphatic carbocycles. The second-order valence-electron chi connectivity index (χ2n) is 11.1. The lowest BCUT2D eigenvalue weighted by molar-refractivity contribution is 0.647. The van der Waals surface area contributed by atoms with Gasteiger partial charge in [0, 0.05) is 0 Å². The van der Waals surface area contributed by atoms with Crippen LogP contribution in [0, 0.1) is 0 Å². The number of unbranched alkanes of at least 4 members (excludes halogenated alkanes) is 12. The largest absolute Gasteiger partial charge is 0.165 e. The molecule has 0 radical (unpaired) electrons. The van der Waals surface area contributed by atoms with E-state index in [9.17, 15) is 0 Å². The predicted molar refractivity (Wildman–Crippen MR) is 223 cm³/mol. The van der Waals surface area contributed by atoms with Crippen LogP contribution in [0.2, 0.25) is 0 Å². The fourth-order valence-corrected chi connectivity index (χ4v) is 12.6. The molecular weight excluding hydrogens is 665 g/mol. The third-order valence-corrected chi connectivity index (χ3v) is 16.4. The van der Waals surface area contributed by atoms with Crippen LogP contribution in [0.3, 0.4) is 0 Å². The van der Waals surface area contributed by atoms with E-state index in [-0.39, 0.29) is 0 Å². The van der Waals surface area contributed by atoms with Crippen LogP contribution in [0.4, 0.5) is 0 Å². The summed E-state index contributed by atoms with van der Waals surface area (Å²) < 4.78 is 1.68. The first-order valence-corrected chi connectivity index (χ1v) is 26.8. The second-order valence-corrected chi connectivity index (χ2v) is 21.3. The maximum Gasteiger partial charge on any atom is 0.0502 e. The zero-order valence-electron chi connectivity index (χ0n) is 28.2. The predicted octanol–water partition coefficient (Wildman–Crippen LogP) is 13.8. The van der Waals surface area contributed by atoms with Gasteiger partial charge in [-0.1, -0.05) is 64.7 Å². The zero-order valence-corrected chi connectivity index (χ0v) is 34.8. The fourth-order valence-electron chi connectivity index (χ4n) is 4.64. The maximum absolute atomic E-state index is 2.30. The van der Waals surface area contributed by atoms with E-state index < -0.39 is 0 Å². The Morgan fingerprint density at radius 2 is 0.619 bits per heavy atom. The van der Waals surface area contributed by atoms with Gasteiger partial charge in [0.1, 0.15) is 0 Å². The molecule has 0 aliphatic rings. The van der Waals surface area contributed by atoms with Crippen molar-refractivity contribution in [3.8, 4) is 0 Å². The topological polar surface area (TPSA) is 0 Å². The highest BCUT2D eigenvalue weighted by molar-refractivity contribution is 8.17. The molecule has 0 rings (SSSR count). The van der Waals surface area contributed by atoms with Crippen LogP contribution in [0.5, 0.6) is 0 Å². The molecule has 254 valence electrons. The lowest BCUT2D eigenvalue weighted by atomic mass is 10.2. The van der Waals surface area contributed by atoms with E-state index in [1.54, 1.807) is 0 Å². The van der Waals surface area contributed by atoms with Gasteiger partial charge < -0.3 is 0 Å². The van der Waals surface area contributed by atoms with E-state index in [0.29, 0.717) is 0 Å². The van der Waals surface area contributed by atoms with E-state index in [1.807, 2.05) is 35.3 Å². The Kier molecular flexibility index (Phi) is 42.6. The van der Waals surface area contributed by atoms with Gasteiger partial charge in [-0.15, -0.1) is 47.0 Å². The first-order chi connectivity index (χ1) is 20.8. The Hall–Kier alpha value is 2.80. The molecule has 0 heterocycles. The van der Waals surface area contributed by atoms with Gasteiger partial charge in [0.15, 0.2) is 0 Å². The van der Waals surface area contributed by atoms with E-state index in [1.165, 1.54) is 174 Å². The quantitative estimate of drug-likeness (QED) is 0.0451. The second kappa shape index (κ2) is 40.0. The van der Waals surface area contributed by atoms with Crippen molar-refractivity contribution in [3.05, 3.63) is 0 Å². The highest BCUT2D eigenvalue weighted by Gasteiger charge is 2.12. The Morgan fingerprint density at radius 1 is 0.333 bits per heavy atom. The van der Waals surface area contributed by atoms with Crippen LogP contribution in [0.25, 0.3) is 0 Å². The molecule has 0 aromatic heterocycles. The maximum atomic E-state index is 2.30. The first kappa shape index (κ1) is 44.8. The van der Waals surface area contributed by atoms with Crippen molar-refractivity contribution in [2.24, 2.45) is 0 Å². The lowest BCUT2D eigenvalue weighted by Gasteiger charge is -2.18. The Labute approximate surface area is 300 Å². The van der Waals surface area contributed by atoms with Gasteiger partial charge in [-0.3, -0.25) is 0 Å². The molecule has 0 fully saturated rings. The molecule has 0 N–H and O–H groups in total. The summed E-state index contributed by atoms with van der Waals surface area (Å²) in [6.45, 7) is 2.29. The molecule has 0 aromatic rings. The van der Waals surface area contributed by atoms with Gasteiger partial charge >= 0.3 is 0 Å². The van der Waals surface area contributed by atoms with Crippen molar-refractivity contribution < 1.29 is 0 Å². The molecule has 0 spiro atoms. The molecule has 2 atom stereocenters. The summed E-state index contributed by atoms with van der Waals surface area (Å²) in [6.07, 6.45) is 33.8. The smallest absolute Gasteiger partial charge is 0.0502 e. The normalized spacial score (nSPS) is 13.1. The summed E-state index contributed by atoms with van der Waals surface area (Å²) in [4.78, 5) is 0. The summed E-state index contributed by atoms with van der Waals surface area (Å²) in [5, 5.41) is 0. The summed E-state index contributed by atoms with van der Waals surface area (Å²) in [5.41, 5.74) is 0. The van der Waals surface area contributed by atoms with Crippen molar-refractivity contribution in [3.63, 3.8) is 0 Å². The minimum atomic E-state index is 0.841.